The summed E-state index contributed by atoms with van der Waals surface area (Å²) in [6, 6.07) is 0. The number of carbonyl (C=O) groups excluding carboxylic acids is 1. The average Bonchev–Trinajstić information content (AvgIpc) is 3.31. The lowest BCUT2D eigenvalue weighted by molar-refractivity contribution is -0.151. The fourth-order valence-corrected chi connectivity index (χ4v) is 3.41. The first kappa shape index (κ1) is 14.6. The van der Waals surface area contributed by atoms with Gasteiger partial charge < -0.3 is 10.0 Å². The lowest BCUT2D eigenvalue weighted by Gasteiger charge is -2.37. The zero-order valence-corrected chi connectivity index (χ0v) is 12.4. The highest BCUT2D eigenvalue weighted by Crippen LogP contribution is 2.31. The summed E-state index contributed by atoms with van der Waals surface area (Å²) in [4.78, 5) is 28.3. The number of carboxylic acids is 1. The molecule has 0 aromatic carbocycles. The molecule has 2 aliphatic carbocycles. The monoisotopic (exact) mass is 292 g/mol. The van der Waals surface area contributed by atoms with E-state index in [4.69, 9.17) is 0 Å². The van der Waals surface area contributed by atoms with E-state index in [9.17, 15) is 14.7 Å². The molecular weight excluding hydrogens is 268 g/mol. The molecule has 5 nitrogen and oxygen atoms in total. The number of nitrogens with zero attached hydrogens (tertiary/aromatic N) is 2. The van der Waals surface area contributed by atoms with Crippen molar-refractivity contribution in [2.75, 3.05) is 32.7 Å². The lowest BCUT2D eigenvalue weighted by atomic mass is 9.82. The van der Waals surface area contributed by atoms with Crippen LogP contribution in [-0.4, -0.2) is 59.5 Å². The van der Waals surface area contributed by atoms with Gasteiger partial charge in [-0.1, -0.05) is 12.2 Å². The van der Waals surface area contributed by atoms with E-state index in [1.807, 2.05) is 17.1 Å². The number of amides is 1. The Morgan fingerprint density at radius 3 is 2.19 bits per heavy atom. The molecule has 5 heteroatoms. The molecule has 116 valence electrons. The molecule has 1 heterocycles. The number of aliphatic carboxylic acids is 1. The number of hydrogen-bond acceptors (Lipinski definition) is 3. The Balaban J connectivity index is 1.55. The SMILES string of the molecule is O=C(O)C1CC=CCC1C(=O)N1CCN(CC2CC2)CC1. The highest BCUT2D eigenvalue weighted by atomic mass is 16.4. The van der Waals surface area contributed by atoms with Crippen LogP contribution in [-0.2, 0) is 9.59 Å². The van der Waals surface area contributed by atoms with E-state index in [2.05, 4.69) is 4.90 Å². The maximum atomic E-state index is 12.6. The minimum atomic E-state index is -0.843. The molecule has 1 saturated heterocycles. The van der Waals surface area contributed by atoms with E-state index >= 15 is 0 Å². The normalized spacial score (nSPS) is 30.4. The highest BCUT2D eigenvalue weighted by molar-refractivity contribution is 5.85. The predicted octanol–water partition coefficient (Wildman–Crippen LogP) is 1.21. The van der Waals surface area contributed by atoms with E-state index in [0.717, 1.165) is 32.1 Å². The van der Waals surface area contributed by atoms with Gasteiger partial charge in [0.2, 0.25) is 5.91 Å². The fourth-order valence-electron chi connectivity index (χ4n) is 3.41. The molecule has 2 atom stereocenters. The standard InChI is InChI=1S/C16H24N2O3/c19-15(13-3-1-2-4-14(13)16(20)21)18-9-7-17(8-10-18)11-12-5-6-12/h1-2,12-14H,3-11H2,(H,20,21). The molecule has 1 saturated carbocycles. The summed E-state index contributed by atoms with van der Waals surface area (Å²) < 4.78 is 0. The van der Waals surface area contributed by atoms with Gasteiger partial charge in [-0.2, -0.15) is 0 Å². The van der Waals surface area contributed by atoms with Crippen LogP contribution in [0.5, 0.6) is 0 Å². The first-order valence-corrected chi connectivity index (χ1v) is 8.04. The maximum Gasteiger partial charge on any atom is 0.307 e. The summed E-state index contributed by atoms with van der Waals surface area (Å²) in [5.74, 6) is -0.843. The molecule has 0 spiro atoms. The predicted molar refractivity (Wildman–Crippen MR) is 78.7 cm³/mol. The van der Waals surface area contributed by atoms with Gasteiger partial charge in [0.1, 0.15) is 0 Å². The molecule has 21 heavy (non-hydrogen) atoms. The van der Waals surface area contributed by atoms with Crippen LogP contribution in [0.4, 0.5) is 0 Å². The van der Waals surface area contributed by atoms with Crippen molar-refractivity contribution in [1.29, 1.82) is 0 Å². The molecular formula is C16H24N2O3. The number of carboxylic acid groups (broad SMARTS) is 1. The van der Waals surface area contributed by atoms with Crippen molar-refractivity contribution in [1.82, 2.24) is 9.80 Å². The lowest BCUT2D eigenvalue weighted by Crippen LogP contribution is -2.52. The zero-order chi connectivity index (χ0) is 14.8. The molecule has 2 fully saturated rings. The Bertz CT molecular complexity index is 437. The van der Waals surface area contributed by atoms with E-state index in [1.54, 1.807) is 0 Å². The highest BCUT2D eigenvalue weighted by Gasteiger charge is 2.37. The zero-order valence-electron chi connectivity index (χ0n) is 12.4. The van der Waals surface area contributed by atoms with Crippen LogP contribution in [0, 0.1) is 17.8 Å². The fraction of sp³-hybridized carbons (Fsp3) is 0.750. The van der Waals surface area contributed by atoms with Crippen molar-refractivity contribution in [3.05, 3.63) is 12.2 Å². The van der Waals surface area contributed by atoms with Crippen molar-refractivity contribution in [3.63, 3.8) is 0 Å². The molecule has 1 N–H and O–H groups in total. The summed E-state index contributed by atoms with van der Waals surface area (Å²) in [6.07, 6.45) is 7.59. The second-order valence-electron chi connectivity index (χ2n) is 6.56. The third kappa shape index (κ3) is 3.46. The third-order valence-corrected chi connectivity index (χ3v) is 4.96. The van der Waals surface area contributed by atoms with E-state index in [0.29, 0.717) is 12.8 Å². The molecule has 0 aromatic rings. The number of carbonyl (C=O) groups is 2. The van der Waals surface area contributed by atoms with E-state index in [-0.39, 0.29) is 11.8 Å². The van der Waals surface area contributed by atoms with Crippen molar-refractivity contribution in [3.8, 4) is 0 Å². The number of rotatable bonds is 4. The number of hydrogen-bond donors (Lipinski definition) is 1. The third-order valence-electron chi connectivity index (χ3n) is 4.96. The quantitative estimate of drug-likeness (QED) is 0.791. The molecule has 1 aliphatic heterocycles. The Morgan fingerprint density at radius 2 is 1.62 bits per heavy atom. The largest absolute Gasteiger partial charge is 0.481 e. The topological polar surface area (TPSA) is 60.9 Å². The summed E-state index contributed by atoms with van der Waals surface area (Å²) in [5, 5.41) is 9.29. The second kappa shape index (κ2) is 6.18. The second-order valence-corrected chi connectivity index (χ2v) is 6.56. The van der Waals surface area contributed by atoms with Gasteiger partial charge in [0.25, 0.3) is 0 Å². The Morgan fingerprint density at radius 1 is 1.00 bits per heavy atom. The maximum absolute atomic E-state index is 12.6. The molecule has 0 aromatic heterocycles. The van der Waals surface area contributed by atoms with Crippen LogP contribution >= 0.6 is 0 Å². The van der Waals surface area contributed by atoms with Gasteiger partial charge in [-0.15, -0.1) is 0 Å². The van der Waals surface area contributed by atoms with Gasteiger partial charge in [-0.25, -0.2) is 0 Å². The summed E-state index contributed by atoms with van der Waals surface area (Å²) in [5.41, 5.74) is 0. The van der Waals surface area contributed by atoms with Crippen LogP contribution in [0.1, 0.15) is 25.7 Å². The molecule has 3 rings (SSSR count). The molecule has 3 aliphatic rings. The first-order chi connectivity index (χ1) is 10.1. The van der Waals surface area contributed by atoms with Gasteiger partial charge in [-0.05, 0) is 31.6 Å². The van der Waals surface area contributed by atoms with Crippen LogP contribution in [0.3, 0.4) is 0 Å². The smallest absolute Gasteiger partial charge is 0.307 e. The van der Waals surface area contributed by atoms with E-state index in [1.165, 1.54) is 19.4 Å². The molecule has 1 amide bonds. The van der Waals surface area contributed by atoms with Gasteiger partial charge in [0.15, 0.2) is 0 Å². The Labute approximate surface area is 125 Å². The molecule has 0 bridgehead atoms. The van der Waals surface area contributed by atoms with Crippen LogP contribution in [0.15, 0.2) is 12.2 Å². The van der Waals surface area contributed by atoms with Gasteiger partial charge in [0.05, 0.1) is 11.8 Å². The Kier molecular flexibility index (Phi) is 4.29. The van der Waals surface area contributed by atoms with Gasteiger partial charge >= 0.3 is 5.97 Å². The Hall–Kier alpha value is -1.36. The number of allylic oxidation sites excluding steroid dienone is 2. The van der Waals surface area contributed by atoms with Gasteiger partial charge in [0, 0.05) is 32.7 Å². The van der Waals surface area contributed by atoms with Gasteiger partial charge in [-0.3, -0.25) is 14.5 Å². The summed E-state index contributed by atoms with van der Waals surface area (Å²) in [7, 11) is 0. The summed E-state index contributed by atoms with van der Waals surface area (Å²) in [6.45, 7) is 4.53. The van der Waals surface area contributed by atoms with Crippen molar-refractivity contribution in [2.24, 2.45) is 17.8 Å². The minimum absolute atomic E-state index is 0.0396. The minimum Gasteiger partial charge on any atom is -0.481 e. The average molecular weight is 292 g/mol. The van der Waals surface area contributed by atoms with Crippen LogP contribution < -0.4 is 0 Å². The molecule has 2 unspecified atom stereocenters. The first-order valence-electron chi connectivity index (χ1n) is 8.04. The molecule has 0 radical (unpaired) electrons. The van der Waals surface area contributed by atoms with Crippen molar-refractivity contribution >= 4 is 11.9 Å². The van der Waals surface area contributed by atoms with Crippen LogP contribution in [0.2, 0.25) is 0 Å². The van der Waals surface area contributed by atoms with Crippen molar-refractivity contribution in [2.45, 2.75) is 25.7 Å². The number of piperazine rings is 1. The van der Waals surface area contributed by atoms with Crippen LogP contribution in [0.25, 0.3) is 0 Å². The van der Waals surface area contributed by atoms with E-state index < -0.39 is 11.9 Å². The van der Waals surface area contributed by atoms with Crippen molar-refractivity contribution < 1.29 is 14.7 Å². The summed E-state index contributed by atoms with van der Waals surface area (Å²) >= 11 is 0.